The molecule has 0 aliphatic carbocycles. The minimum Gasteiger partial charge on any atom is -0.470 e. The van der Waals surface area contributed by atoms with Crippen LogP contribution >= 0.6 is 11.6 Å². The number of amides is 1. The minimum absolute atomic E-state index is 0.152. The van der Waals surface area contributed by atoms with E-state index in [9.17, 15) is 4.79 Å². The van der Waals surface area contributed by atoms with Gasteiger partial charge in [-0.25, -0.2) is 9.67 Å². The molecule has 2 aromatic heterocycles. The summed E-state index contributed by atoms with van der Waals surface area (Å²) < 4.78 is 7.09. The maximum atomic E-state index is 12.2. The quantitative estimate of drug-likeness (QED) is 0.770. The second kappa shape index (κ2) is 7.14. The summed E-state index contributed by atoms with van der Waals surface area (Å²) in [5, 5.41) is 7.41. The number of aryl methyl sites for hydroxylation is 1. The Morgan fingerprint density at radius 3 is 2.92 bits per heavy atom. The van der Waals surface area contributed by atoms with Gasteiger partial charge >= 0.3 is 0 Å². The van der Waals surface area contributed by atoms with Crippen LogP contribution in [0.5, 0.6) is 5.75 Å². The molecule has 0 unspecified atom stereocenters. The largest absolute Gasteiger partial charge is 0.470 e. The van der Waals surface area contributed by atoms with E-state index in [1.165, 1.54) is 4.68 Å². The third-order valence-corrected chi connectivity index (χ3v) is 3.53. The van der Waals surface area contributed by atoms with Crippen LogP contribution in [0.15, 0.2) is 54.9 Å². The number of ether oxygens (including phenoxy) is 1. The predicted octanol–water partition coefficient (Wildman–Crippen LogP) is 3.53. The van der Waals surface area contributed by atoms with Gasteiger partial charge < -0.3 is 10.1 Å². The number of rotatable bonds is 5. The third kappa shape index (κ3) is 3.91. The van der Waals surface area contributed by atoms with Gasteiger partial charge in [-0.3, -0.25) is 4.79 Å². The summed E-state index contributed by atoms with van der Waals surface area (Å²) in [6, 6.07) is 12.4. The van der Waals surface area contributed by atoms with Crippen LogP contribution < -0.4 is 10.1 Å². The third-order valence-electron chi connectivity index (χ3n) is 3.22. The molecule has 0 bridgehead atoms. The number of hydrogen-bond acceptors (Lipinski definition) is 4. The van der Waals surface area contributed by atoms with Crippen LogP contribution in [-0.4, -0.2) is 20.7 Å². The summed E-state index contributed by atoms with van der Waals surface area (Å²) in [6.45, 7) is 2.08. The molecule has 122 valence electrons. The van der Waals surface area contributed by atoms with Crippen molar-refractivity contribution in [2.75, 3.05) is 5.32 Å². The molecule has 6 nitrogen and oxygen atoms in total. The monoisotopic (exact) mass is 342 g/mol. The summed E-state index contributed by atoms with van der Waals surface area (Å²) in [6.07, 6.45) is 3.30. The van der Waals surface area contributed by atoms with Crippen molar-refractivity contribution in [1.29, 1.82) is 0 Å². The lowest BCUT2D eigenvalue weighted by Crippen LogP contribution is -2.15. The van der Waals surface area contributed by atoms with Gasteiger partial charge in [-0.15, -0.1) is 0 Å². The molecule has 1 amide bonds. The van der Waals surface area contributed by atoms with Crippen molar-refractivity contribution < 1.29 is 9.53 Å². The highest BCUT2D eigenvalue weighted by atomic mass is 35.5. The molecule has 0 aliphatic heterocycles. The van der Waals surface area contributed by atoms with Gasteiger partial charge in [0.05, 0.1) is 5.02 Å². The number of hydrogen-bond donors (Lipinski definition) is 1. The Labute approximate surface area is 144 Å². The van der Waals surface area contributed by atoms with Crippen LogP contribution in [0.25, 0.3) is 0 Å². The fourth-order valence-electron chi connectivity index (χ4n) is 2.04. The lowest BCUT2D eigenvalue weighted by molar-refractivity contribution is 0.102. The van der Waals surface area contributed by atoms with Gasteiger partial charge in [0.25, 0.3) is 5.91 Å². The number of pyridine rings is 1. The lowest BCUT2D eigenvalue weighted by Gasteiger charge is -2.07. The van der Waals surface area contributed by atoms with Gasteiger partial charge in [0.15, 0.2) is 12.4 Å². The Kier molecular flexibility index (Phi) is 4.77. The Bertz CT molecular complexity index is 863. The fraction of sp³-hybridized carbons (Fsp3) is 0.118. The van der Waals surface area contributed by atoms with E-state index in [0.717, 1.165) is 5.56 Å². The van der Waals surface area contributed by atoms with Crippen LogP contribution in [0.3, 0.4) is 0 Å². The first-order valence-electron chi connectivity index (χ1n) is 7.26. The van der Waals surface area contributed by atoms with Gasteiger partial charge in [0, 0.05) is 12.4 Å². The van der Waals surface area contributed by atoms with Gasteiger partial charge in [0.2, 0.25) is 0 Å². The molecular weight excluding hydrogens is 328 g/mol. The van der Waals surface area contributed by atoms with E-state index in [0.29, 0.717) is 16.6 Å². The van der Waals surface area contributed by atoms with Gasteiger partial charge in [-0.05, 0) is 42.8 Å². The Morgan fingerprint density at radius 1 is 1.29 bits per heavy atom. The second-order valence-corrected chi connectivity index (χ2v) is 5.52. The SMILES string of the molecule is Cc1ccnc(NC(=O)c2ccn(COc3ccccc3Cl)n2)c1. The molecule has 2 heterocycles. The van der Waals surface area contributed by atoms with E-state index < -0.39 is 0 Å². The summed E-state index contributed by atoms with van der Waals surface area (Å²) in [5.41, 5.74) is 1.29. The molecule has 0 atom stereocenters. The number of nitrogens with zero attached hydrogens (tertiary/aromatic N) is 3. The molecule has 0 fully saturated rings. The lowest BCUT2D eigenvalue weighted by atomic mass is 10.3. The number of benzene rings is 1. The molecule has 1 aromatic carbocycles. The molecule has 0 radical (unpaired) electrons. The standard InChI is InChI=1S/C17H15ClN4O2/c1-12-6-8-19-16(10-12)20-17(23)14-7-9-22(21-14)11-24-15-5-3-2-4-13(15)18/h2-10H,11H2,1H3,(H,19,20,23). The van der Waals surface area contributed by atoms with Crippen molar-refractivity contribution in [2.45, 2.75) is 13.7 Å². The van der Waals surface area contributed by atoms with Crippen LogP contribution in [0.1, 0.15) is 16.1 Å². The molecule has 1 N–H and O–H groups in total. The van der Waals surface area contributed by atoms with Gasteiger partial charge in [-0.2, -0.15) is 5.10 Å². The second-order valence-electron chi connectivity index (χ2n) is 5.12. The number of carbonyl (C=O) groups is 1. The van der Waals surface area contributed by atoms with Gasteiger partial charge in [-0.1, -0.05) is 23.7 Å². The maximum Gasteiger partial charge on any atom is 0.277 e. The number of nitrogens with one attached hydrogen (secondary N) is 1. The first-order valence-corrected chi connectivity index (χ1v) is 7.64. The Hall–Kier alpha value is -2.86. The summed E-state index contributed by atoms with van der Waals surface area (Å²) >= 11 is 6.02. The fourth-order valence-corrected chi connectivity index (χ4v) is 2.23. The van der Waals surface area contributed by atoms with Gasteiger partial charge in [0.1, 0.15) is 11.6 Å². The molecular formula is C17H15ClN4O2. The highest BCUT2D eigenvalue weighted by Gasteiger charge is 2.11. The molecule has 3 aromatic rings. The first-order chi connectivity index (χ1) is 11.6. The number of anilines is 1. The number of carbonyl (C=O) groups excluding carboxylic acids is 1. The van der Waals surface area contributed by atoms with Crippen molar-refractivity contribution in [3.63, 3.8) is 0 Å². The van der Waals surface area contributed by atoms with Crippen molar-refractivity contribution in [3.05, 3.63) is 71.1 Å². The molecule has 0 saturated heterocycles. The molecule has 3 rings (SSSR count). The normalized spacial score (nSPS) is 10.4. The zero-order valence-corrected chi connectivity index (χ0v) is 13.7. The molecule has 0 spiro atoms. The average molecular weight is 343 g/mol. The van der Waals surface area contributed by atoms with Crippen molar-refractivity contribution in [2.24, 2.45) is 0 Å². The Balaban J connectivity index is 1.62. The number of para-hydroxylation sites is 1. The molecule has 7 heteroatoms. The summed E-state index contributed by atoms with van der Waals surface area (Å²) in [5.74, 6) is 0.719. The molecule has 0 aliphatic rings. The highest BCUT2D eigenvalue weighted by Crippen LogP contribution is 2.23. The van der Waals surface area contributed by atoms with E-state index in [2.05, 4.69) is 15.4 Å². The van der Waals surface area contributed by atoms with E-state index in [1.807, 2.05) is 25.1 Å². The first kappa shape index (κ1) is 16.0. The van der Waals surface area contributed by atoms with Crippen molar-refractivity contribution in [1.82, 2.24) is 14.8 Å². The average Bonchev–Trinajstić information content (AvgIpc) is 3.03. The number of aromatic nitrogens is 3. The smallest absolute Gasteiger partial charge is 0.277 e. The van der Waals surface area contributed by atoms with Crippen LogP contribution in [0, 0.1) is 6.92 Å². The van der Waals surface area contributed by atoms with Crippen LogP contribution in [0.2, 0.25) is 5.02 Å². The van der Waals surface area contributed by atoms with Crippen molar-refractivity contribution in [3.8, 4) is 5.75 Å². The summed E-state index contributed by atoms with van der Waals surface area (Å²) in [7, 11) is 0. The van der Waals surface area contributed by atoms with Crippen LogP contribution in [-0.2, 0) is 6.73 Å². The molecule has 0 saturated carbocycles. The summed E-state index contributed by atoms with van der Waals surface area (Å²) in [4.78, 5) is 16.3. The minimum atomic E-state index is -0.329. The zero-order chi connectivity index (χ0) is 16.9. The van der Waals surface area contributed by atoms with Crippen molar-refractivity contribution >= 4 is 23.3 Å². The highest BCUT2D eigenvalue weighted by molar-refractivity contribution is 6.32. The van der Waals surface area contributed by atoms with E-state index in [4.69, 9.17) is 16.3 Å². The van der Waals surface area contributed by atoms with Crippen LogP contribution in [0.4, 0.5) is 5.82 Å². The van der Waals surface area contributed by atoms with E-state index >= 15 is 0 Å². The number of halogens is 1. The topological polar surface area (TPSA) is 69.0 Å². The predicted molar refractivity (Wildman–Crippen MR) is 91.2 cm³/mol. The van der Waals surface area contributed by atoms with E-state index in [1.54, 1.807) is 36.7 Å². The maximum absolute atomic E-state index is 12.2. The molecule has 24 heavy (non-hydrogen) atoms. The van der Waals surface area contributed by atoms with E-state index in [-0.39, 0.29) is 18.3 Å². The zero-order valence-electron chi connectivity index (χ0n) is 12.9. The Morgan fingerprint density at radius 2 is 2.12 bits per heavy atom.